The van der Waals surface area contributed by atoms with E-state index in [0.29, 0.717) is 12.3 Å². The maximum absolute atomic E-state index is 12.6. The highest BCUT2D eigenvalue weighted by Crippen LogP contribution is 2.37. The lowest BCUT2D eigenvalue weighted by Crippen LogP contribution is -2.52. The van der Waals surface area contributed by atoms with Crippen molar-refractivity contribution in [2.45, 2.75) is 50.0 Å². The Labute approximate surface area is 361 Å². The lowest BCUT2D eigenvalue weighted by Gasteiger charge is -2.35. The summed E-state index contributed by atoms with van der Waals surface area (Å²) in [4.78, 5) is 17.1. The number of ether oxygens (including phenoxy) is 3. The summed E-state index contributed by atoms with van der Waals surface area (Å²) in [5.74, 6) is 1.63. The highest BCUT2D eigenvalue weighted by atomic mass is 19.4. The minimum atomic E-state index is -5.74. The highest BCUT2D eigenvalue weighted by molar-refractivity contribution is 5.68. The lowest BCUT2D eigenvalue weighted by molar-refractivity contribution is -0.309. The molecule has 1 amide bonds. The maximum atomic E-state index is 12.6. The fourth-order valence-corrected chi connectivity index (χ4v) is 6.49. The molecule has 0 atom stereocenters. The Bertz CT molecular complexity index is 2010. The maximum Gasteiger partial charge on any atom is 0.434 e. The summed E-state index contributed by atoms with van der Waals surface area (Å²) in [6.45, 7) is 6.12. The molecule has 2 heterocycles. The number of carbonyl (C=O) groups excluding carboxylic acids is 1. The Hall–Kier alpha value is -5.25. The largest absolute Gasteiger partial charge is 0.496 e. The monoisotopic (exact) mass is 926 g/mol. The quantitative estimate of drug-likeness (QED) is 0.161. The molecule has 6 rings (SSSR count). The molecule has 21 heteroatoms. The van der Waals surface area contributed by atoms with Crippen molar-refractivity contribution >= 4 is 6.09 Å². The van der Waals surface area contributed by atoms with Crippen LogP contribution in [-0.4, -0.2) is 129 Å². The average molecular weight is 927 g/mol. The third-order valence-electron chi connectivity index (χ3n) is 9.85. The number of aliphatic hydroxyl groups excluding tert-OH is 1. The van der Waals surface area contributed by atoms with Crippen molar-refractivity contribution in [3.8, 4) is 33.8 Å². The molecule has 352 valence electrons. The zero-order chi connectivity index (χ0) is 47.3. The number of nitrogens with one attached hydrogen (secondary N) is 1. The number of amides is 1. The van der Waals surface area contributed by atoms with E-state index in [1.807, 2.05) is 59.5 Å². The fraction of sp³-hybridized carbons (Fsp3) is 0.419. The number of hydrogen-bond acceptors (Lipinski definition) is 8. The normalized spacial score (nSPS) is 15.5. The Balaban J connectivity index is 0.000000245. The summed E-state index contributed by atoms with van der Waals surface area (Å²) in [6, 6.07) is 32.4. The van der Waals surface area contributed by atoms with Crippen LogP contribution >= 0.6 is 0 Å². The number of carbonyl (C=O) groups is 1. The second kappa shape index (κ2) is 22.6. The Morgan fingerprint density at radius 3 is 1.30 bits per heavy atom. The van der Waals surface area contributed by atoms with E-state index in [1.54, 1.807) is 14.2 Å². The fourth-order valence-electron chi connectivity index (χ4n) is 6.49. The van der Waals surface area contributed by atoms with E-state index in [-0.39, 0.29) is 26.2 Å². The molecule has 0 bridgehead atoms. The summed E-state index contributed by atoms with van der Waals surface area (Å²) in [6.07, 6.45) is -32.8. The highest BCUT2D eigenvalue weighted by Gasteiger charge is 2.60. The number of benzene rings is 4. The zero-order valence-electron chi connectivity index (χ0n) is 34.4. The van der Waals surface area contributed by atoms with Crippen LogP contribution in [0.3, 0.4) is 0 Å². The number of hydrogen-bond donors (Lipinski definition) is 2. The van der Waals surface area contributed by atoms with Crippen LogP contribution in [-0.2, 0) is 17.8 Å². The van der Waals surface area contributed by atoms with Gasteiger partial charge in [0.15, 0.2) is 0 Å². The van der Waals surface area contributed by atoms with Crippen molar-refractivity contribution in [2.24, 2.45) is 0 Å². The Morgan fingerprint density at radius 2 is 0.953 bits per heavy atom. The van der Waals surface area contributed by atoms with E-state index >= 15 is 0 Å². The SMILES string of the molecule is COc1cc(-c2ccccc2)ccc1CN1CCN(C(=O)OC(C(F)(F)F)C(F)(F)F)CC1.COc1cc(-c2ccccc2)ccc1CN1CCNCC1.OC(C(F)(F)F)C(F)(F)F. The van der Waals surface area contributed by atoms with E-state index in [4.69, 9.17) is 14.6 Å². The summed E-state index contributed by atoms with van der Waals surface area (Å²) in [5, 5.41) is 10.9. The molecule has 2 saturated heterocycles. The van der Waals surface area contributed by atoms with Gasteiger partial charge in [-0.2, -0.15) is 52.7 Å². The molecular weight excluding hydrogens is 880 g/mol. The molecule has 4 aromatic carbocycles. The molecule has 0 aliphatic carbocycles. The predicted molar refractivity (Wildman–Crippen MR) is 212 cm³/mol. The molecule has 0 aromatic heterocycles. The van der Waals surface area contributed by atoms with Gasteiger partial charge < -0.3 is 29.5 Å². The van der Waals surface area contributed by atoms with E-state index in [2.05, 4.69) is 57.4 Å². The van der Waals surface area contributed by atoms with Crippen LogP contribution in [0.2, 0.25) is 0 Å². The molecule has 9 nitrogen and oxygen atoms in total. The Morgan fingerprint density at radius 1 is 0.562 bits per heavy atom. The van der Waals surface area contributed by atoms with Crippen molar-refractivity contribution in [3.63, 3.8) is 0 Å². The van der Waals surface area contributed by atoms with Crippen LogP contribution < -0.4 is 14.8 Å². The van der Waals surface area contributed by atoms with Crippen LogP contribution in [0, 0.1) is 0 Å². The van der Waals surface area contributed by atoms with Crippen molar-refractivity contribution in [1.82, 2.24) is 20.0 Å². The Kier molecular flexibility index (Phi) is 18.1. The van der Waals surface area contributed by atoms with Gasteiger partial charge in [0.1, 0.15) is 11.5 Å². The van der Waals surface area contributed by atoms with E-state index in [1.165, 1.54) is 16.7 Å². The standard InChI is InChI=1S/C22H22F6N2O3.C18H22N2O.C3H2F6O/c1-32-18-13-16(15-5-3-2-4-6-15)7-8-17(18)14-29-9-11-30(12-10-29)20(31)33-19(21(23,24)25)22(26,27)28;1-21-18-13-16(15-5-3-2-4-6-15)7-8-17(18)14-20-11-9-19-10-12-20;4-2(5,6)1(10)3(7,8)9/h2-8,13,19H,9-12,14H2,1H3;2-8,13,19H,9-12,14H2,1H3;1,10H. The third kappa shape index (κ3) is 15.5. The first-order chi connectivity index (χ1) is 30.0. The minimum absolute atomic E-state index is 0.0638. The van der Waals surface area contributed by atoms with E-state index in [0.717, 1.165) is 60.1 Å². The third-order valence-corrected chi connectivity index (χ3v) is 9.85. The van der Waals surface area contributed by atoms with Gasteiger partial charge in [-0.05, 0) is 34.4 Å². The molecule has 0 unspecified atom stereocenters. The number of nitrogens with zero attached hydrogens (tertiary/aromatic N) is 3. The second-order valence-corrected chi connectivity index (χ2v) is 14.4. The van der Waals surface area contributed by atoms with Crippen LogP contribution in [0.4, 0.5) is 57.5 Å². The minimum Gasteiger partial charge on any atom is -0.496 e. The van der Waals surface area contributed by atoms with Gasteiger partial charge in [-0.15, -0.1) is 0 Å². The average Bonchev–Trinajstić information content (AvgIpc) is 3.25. The van der Waals surface area contributed by atoms with Gasteiger partial charge in [0.05, 0.1) is 14.2 Å². The van der Waals surface area contributed by atoms with Crippen molar-refractivity contribution < 1.29 is 76.8 Å². The van der Waals surface area contributed by atoms with Gasteiger partial charge in [0.25, 0.3) is 6.10 Å². The molecule has 2 fully saturated rings. The number of methoxy groups -OCH3 is 2. The summed E-state index contributed by atoms with van der Waals surface area (Å²) in [5.41, 5.74) is 6.54. The van der Waals surface area contributed by atoms with Crippen LogP contribution in [0.1, 0.15) is 11.1 Å². The first kappa shape index (κ1) is 51.4. The van der Waals surface area contributed by atoms with Crippen molar-refractivity contribution in [1.29, 1.82) is 0 Å². The topological polar surface area (TPSA) is 86.7 Å². The number of rotatable bonds is 9. The van der Waals surface area contributed by atoms with Crippen LogP contribution in [0.25, 0.3) is 22.3 Å². The van der Waals surface area contributed by atoms with Crippen LogP contribution in [0.15, 0.2) is 97.1 Å². The smallest absolute Gasteiger partial charge is 0.434 e. The number of aliphatic hydroxyl groups is 1. The molecule has 0 radical (unpaired) electrons. The van der Waals surface area contributed by atoms with Crippen molar-refractivity contribution in [3.05, 3.63) is 108 Å². The van der Waals surface area contributed by atoms with Gasteiger partial charge in [-0.1, -0.05) is 84.9 Å². The number of halogens is 12. The molecule has 2 aliphatic heterocycles. The second-order valence-electron chi connectivity index (χ2n) is 14.4. The summed E-state index contributed by atoms with van der Waals surface area (Å²) in [7, 11) is 3.30. The lowest BCUT2D eigenvalue weighted by atomic mass is 10.0. The van der Waals surface area contributed by atoms with E-state index < -0.39 is 43.0 Å². The van der Waals surface area contributed by atoms with Crippen molar-refractivity contribution in [2.75, 3.05) is 66.6 Å². The van der Waals surface area contributed by atoms with Gasteiger partial charge in [-0.25, -0.2) is 4.79 Å². The number of alkyl halides is 12. The summed E-state index contributed by atoms with van der Waals surface area (Å²) >= 11 is 0. The molecular formula is C43H46F12N4O5. The van der Waals surface area contributed by atoms with E-state index in [9.17, 15) is 57.5 Å². The molecule has 64 heavy (non-hydrogen) atoms. The zero-order valence-corrected chi connectivity index (χ0v) is 34.4. The molecule has 4 aromatic rings. The van der Waals surface area contributed by atoms with Gasteiger partial charge in [-0.3, -0.25) is 9.80 Å². The number of piperazine rings is 2. The van der Waals surface area contributed by atoms with Gasteiger partial charge in [0.2, 0.25) is 6.10 Å². The summed E-state index contributed by atoms with van der Waals surface area (Å²) < 4.78 is 156. The molecule has 2 N–H and O–H groups in total. The van der Waals surface area contributed by atoms with Gasteiger partial charge >= 0.3 is 30.8 Å². The molecule has 0 saturated carbocycles. The molecule has 2 aliphatic rings. The first-order valence-electron chi connectivity index (χ1n) is 19.5. The first-order valence-corrected chi connectivity index (χ1v) is 19.5. The molecule has 0 spiro atoms. The van der Waals surface area contributed by atoms with Crippen LogP contribution in [0.5, 0.6) is 11.5 Å². The van der Waals surface area contributed by atoms with Gasteiger partial charge in [0, 0.05) is 76.6 Å². The predicted octanol–water partition coefficient (Wildman–Crippen LogP) is 9.35.